The molecule has 5 heteroatoms. The van der Waals surface area contributed by atoms with Crippen molar-refractivity contribution < 1.29 is 19.2 Å². The van der Waals surface area contributed by atoms with Crippen molar-refractivity contribution in [3.63, 3.8) is 0 Å². The standard InChI is InChI=1S/C25H41O4P/c1-15(5-8-22(27)29-4)18-6-7-19-23-20(10-12-25(18,19)3)24(2)11-9-17(30-28)13-16(24)14-21(23)26/h15-21,23,26H,5-14H2,1-4H3/t15-,16+,17-,18-,19?,20?,21?,23?,24+,25-/m1/s1. The van der Waals surface area contributed by atoms with Gasteiger partial charge in [0.25, 0.3) is 0 Å². The lowest BCUT2D eigenvalue weighted by Gasteiger charge is -2.62. The van der Waals surface area contributed by atoms with E-state index in [4.69, 9.17) is 4.74 Å². The summed E-state index contributed by atoms with van der Waals surface area (Å²) >= 11 is 0. The van der Waals surface area contributed by atoms with E-state index in [1.165, 1.54) is 39.2 Å². The molecule has 1 N–H and O–H groups in total. The highest BCUT2D eigenvalue weighted by atomic mass is 31.1. The Morgan fingerprint density at radius 1 is 1.10 bits per heavy atom. The molecule has 4 aliphatic carbocycles. The average molecular weight is 437 g/mol. The normalized spacial score (nSPS) is 49.0. The summed E-state index contributed by atoms with van der Waals surface area (Å²) in [5, 5.41) is 11.4. The van der Waals surface area contributed by atoms with Crippen LogP contribution in [0.3, 0.4) is 0 Å². The van der Waals surface area contributed by atoms with E-state index >= 15 is 0 Å². The largest absolute Gasteiger partial charge is 0.469 e. The van der Waals surface area contributed by atoms with Gasteiger partial charge in [-0.3, -0.25) is 9.36 Å². The second-order valence-corrected chi connectivity index (χ2v) is 12.6. The molecule has 4 unspecified atom stereocenters. The van der Waals surface area contributed by atoms with Crippen molar-refractivity contribution in [1.29, 1.82) is 0 Å². The van der Waals surface area contributed by atoms with Crippen molar-refractivity contribution in [2.24, 2.45) is 46.3 Å². The average Bonchev–Trinajstić information content (AvgIpc) is 3.09. The summed E-state index contributed by atoms with van der Waals surface area (Å²) < 4.78 is 16.4. The van der Waals surface area contributed by atoms with E-state index in [1.807, 2.05) is 0 Å². The van der Waals surface area contributed by atoms with E-state index in [2.05, 4.69) is 20.8 Å². The van der Waals surface area contributed by atoms with Crippen LogP contribution in [0.2, 0.25) is 0 Å². The highest BCUT2D eigenvalue weighted by Crippen LogP contribution is 2.68. The molecule has 4 aliphatic rings. The molecule has 4 nitrogen and oxygen atoms in total. The number of fused-ring (bicyclic) bond motifs is 5. The number of methoxy groups -OCH3 is 1. The maximum atomic E-state index is 11.7. The first-order valence-corrected chi connectivity index (χ1v) is 13.2. The van der Waals surface area contributed by atoms with Crippen LogP contribution in [0.15, 0.2) is 0 Å². The van der Waals surface area contributed by atoms with Crippen LogP contribution in [0.25, 0.3) is 0 Å². The molecule has 30 heavy (non-hydrogen) atoms. The van der Waals surface area contributed by atoms with Crippen molar-refractivity contribution in [2.45, 2.75) is 96.7 Å². The van der Waals surface area contributed by atoms with Gasteiger partial charge in [0.2, 0.25) is 0 Å². The van der Waals surface area contributed by atoms with Gasteiger partial charge in [-0.1, -0.05) is 20.8 Å². The summed E-state index contributed by atoms with van der Waals surface area (Å²) in [6.45, 7) is 7.31. The molecule has 0 aromatic heterocycles. The summed E-state index contributed by atoms with van der Waals surface area (Å²) in [4.78, 5) is 11.7. The SMILES string of the molecule is COC(=O)CC[C@@H](C)[C@H]1CCC2C3C(O)C[C@@H]4C[C@H](P=O)CC[C@]4(C)C3CC[C@@]21C. The summed E-state index contributed by atoms with van der Waals surface area (Å²) in [5.74, 6) is 3.22. The fourth-order valence-electron chi connectivity index (χ4n) is 8.92. The van der Waals surface area contributed by atoms with Crippen LogP contribution in [0.4, 0.5) is 0 Å². The van der Waals surface area contributed by atoms with Gasteiger partial charge in [0.05, 0.1) is 13.2 Å². The third-order valence-corrected chi connectivity index (χ3v) is 11.4. The Bertz CT molecular complexity index is 668. The third-order valence-electron chi connectivity index (χ3n) is 10.6. The van der Waals surface area contributed by atoms with Crippen molar-refractivity contribution in [3.05, 3.63) is 0 Å². The zero-order chi connectivity index (χ0) is 21.7. The van der Waals surface area contributed by atoms with Crippen molar-refractivity contribution in [1.82, 2.24) is 0 Å². The van der Waals surface area contributed by atoms with Crippen molar-refractivity contribution in [3.8, 4) is 0 Å². The van der Waals surface area contributed by atoms with Gasteiger partial charge < -0.3 is 9.84 Å². The van der Waals surface area contributed by atoms with Crippen LogP contribution < -0.4 is 0 Å². The molecule has 0 aromatic carbocycles. The molecule has 4 saturated carbocycles. The van der Waals surface area contributed by atoms with Crippen LogP contribution >= 0.6 is 8.46 Å². The van der Waals surface area contributed by atoms with Crippen LogP contribution in [-0.2, 0) is 14.1 Å². The molecule has 0 aliphatic heterocycles. The zero-order valence-electron chi connectivity index (χ0n) is 19.3. The Kier molecular flexibility index (Phi) is 6.41. The van der Waals surface area contributed by atoms with Gasteiger partial charge in [-0.15, -0.1) is 0 Å². The maximum absolute atomic E-state index is 11.7. The van der Waals surface area contributed by atoms with E-state index in [0.29, 0.717) is 61.5 Å². The number of hydrogen-bond donors (Lipinski definition) is 1. The van der Waals surface area contributed by atoms with Crippen molar-refractivity contribution in [2.75, 3.05) is 7.11 Å². The molecule has 0 bridgehead atoms. The summed E-state index contributed by atoms with van der Waals surface area (Å²) in [6, 6.07) is 0. The quantitative estimate of drug-likeness (QED) is 0.433. The van der Waals surface area contributed by atoms with Crippen molar-refractivity contribution >= 4 is 14.4 Å². The zero-order valence-corrected chi connectivity index (χ0v) is 20.2. The molecule has 170 valence electrons. The Balaban J connectivity index is 1.52. The predicted molar refractivity (Wildman–Crippen MR) is 118 cm³/mol. The topological polar surface area (TPSA) is 63.6 Å². The van der Waals surface area contributed by atoms with E-state index in [0.717, 1.165) is 25.7 Å². The van der Waals surface area contributed by atoms with Crippen LogP contribution in [0.1, 0.15) is 85.0 Å². The lowest BCUT2D eigenvalue weighted by molar-refractivity contribution is -0.164. The van der Waals surface area contributed by atoms with Crippen LogP contribution in [0.5, 0.6) is 0 Å². The molecule has 0 spiro atoms. The van der Waals surface area contributed by atoms with Gasteiger partial charge >= 0.3 is 5.97 Å². The maximum Gasteiger partial charge on any atom is 0.305 e. The number of ether oxygens (including phenoxy) is 1. The number of esters is 1. The van der Waals surface area contributed by atoms with Crippen LogP contribution in [-0.4, -0.2) is 29.9 Å². The Labute approximate surface area is 184 Å². The number of aliphatic hydroxyl groups is 1. The molecular formula is C25H41O4P. The third kappa shape index (κ3) is 3.58. The molecular weight excluding hydrogens is 395 g/mol. The number of carbonyl (C=O) groups excluding carboxylic acids is 1. The number of carbonyl (C=O) groups is 1. The number of rotatable bonds is 5. The molecule has 0 saturated heterocycles. The van der Waals surface area contributed by atoms with E-state index in [-0.39, 0.29) is 17.5 Å². The van der Waals surface area contributed by atoms with E-state index < -0.39 is 0 Å². The Morgan fingerprint density at radius 3 is 2.50 bits per heavy atom. The lowest BCUT2D eigenvalue weighted by Crippen LogP contribution is -2.58. The van der Waals surface area contributed by atoms with Gasteiger partial charge in [0, 0.05) is 12.1 Å². The summed E-state index contributed by atoms with van der Waals surface area (Å²) in [7, 11) is 1.78. The first-order chi connectivity index (χ1) is 14.2. The minimum Gasteiger partial charge on any atom is -0.469 e. The van der Waals surface area contributed by atoms with Gasteiger partial charge in [0.1, 0.15) is 0 Å². The first-order valence-electron chi connectivity index (χ1n) is 12.3. The molecule has 10 atom stereocenters. The van der Waals surface area contributed by atoms with E-state index in [9.17, 15) is 14.5 Å². The lowest BCUT2D eigenvalue weighted by atomic mass is 9.44. The van der Waals surface area contributed by atoms with Gasteiger partial charge in [-0.25, -0.2) is 0 Å². The molecule has 4 rings (SSSR count). The van der Waals surface area contributed by atoms with Gasteiger partial charge in [-0.2, -0.15) is 0 Å². The molecule has 0 aromatic rings. The fraction of sp³-hybridized carbons (Fsp3) is 0.960. The predicted octanol–water partition coefficient (Wildman–Crippen LogP) is 5.87. The minimum absolute atomic E-state index is 0.0972. The van der Waals surface area contributed by atoms with Gasteiger partial charge in [0.15, 0.2) is 8.46 Å². The van der Waals surface area contributed by atoms with Crippen LogP contribution in [0, 0.1) is 46.3 Å². The minimum atomic E-state index is -0.205. The summed E-state index contributed by atoms with van der Waals surface area (Å²) in [6.07, 6.45) is 10.3. The highest BCUT2D eigenvalue weighted by molar-refractivity contribution is 7.24. The molecule has 0 amide bonds. The Morgan fingerprint density at radius 2 is 1.80 bits per heavy atom. The van der Waals surface area contributed by atoms with E-state index in [1.54, 1.807) is 0 Å². The monoisotopic (exact) mass is 436 g/mol. The highest BCUT2D eigenvalue weighted by Gasteiger charge is 2.62. The second kappa shape index (κ2) is 8.47. The fourth-order valence-corrected chi connectivity index (χ4v) is 9.50. The number of aliphatic hydroxyl groups excluding tert-OH is 1. The van der Waals surface area contributed by atoms with Gasteiger partial charge in [-0.05, 0) is 104 Å². The Hall–Kier alpha value is -0.470. The number of hydrogen-bond acceptors (Lipinski definition) is 4. The second-order valence-electron chi connectivity index (χ2n) is 11.7. The molecule has 0 heterocycles. The summed E-state index contributed by atoms with van der Waals surface area (Å²) in [5.41, 5.74) is 0.888. The smallest absolute Gasteiger partial charge is 0.305 e. The molecule has 0 radical (unpaired) electrons. The first kappa shape index (κ1) is 22.7. The molecule has 4 fully saturated rings.